The number of halogens is 2. The number of nitrogens with one attached hydrogen (secondary N) is 1. The Labute approximate surface area is 264 Å². The number of anilines is 1. The molecule has 0 aromatic heterocycles. The topological polar surface area (TPSA) is 96.0 Å². The van der Waals surface area contributed by atoms with Crippen LogP contribution in [-0.2, 0) is 26.2 Å². The number of carbonyl (C=O) groups excluding carboxylic acids is 2. The van der Waals surface area contributed by atoms with Crippen LogP contribution in [0.25, 0.3) is 0 Å². The van der Waals surface area contributed by atoms with Crippen molar-refractivity contribution in [3.63, 3.8) is 0 Å². The zero-order valence-corrected chi connectivity index (χ0v) is 26.9. The van der Waals surface area contributed by atoms with Gasteiger partial charge in [-0.25, -0.2) is 8.42 Å². The number of rotatable bonds is 11. The summed E-state index contributed by atoms with van der Waals surface area (Å²) in [7, 11) is -2.71. The fourth-order valence-corrected chi connectivity index (χ4v) is 7.05. The molecule has 1 atom stereocenters. The molecule has 3 aromatic rings. The number of methoxy groups -OCH3 is 1. The molecule has 43 heavy (non-hydrogen) atoms. The molecule has 0 radical (unpaired) electrons. The minimum absolute atomic E-state index is 0.00883. The van der Waals surface area contributed by atoms with Gasteiger partial charge in [-0.1, -0.05) is 66.2 Å². The molecule has 0 bridgehead atoms. The predicted octanol–water partition coefficient (Wildman–Crippen LogP) is 6.37. The first-order chi connectivity index (χ1) is 20.5. The summed E-state index contributed by atoms with van der Waals surface area (Å²) < 4.78 is 34.2. The van der Waals surface area contributed by atoms with E-state index in [9.17, 15) is 18.0 Å². The molecule has 1 saturated carbocycles. The first kappa shape index (κ1) is 32.6. The van der Waals surface area contributed by atoms with Crippen LogP contribution < -0.4 is 14.4 Å². The number of amides is 2. The Morgan fingerprint density at radius 1 is 0.953 bits per heavy atom. The lowest BCUT2D eigenvalue weighted by molar-refractivity contribution is -0.139. The van der Waals surface area contributed by atoms with Crippen molar-refractivity contribution < 1.29 is 22.7 Å². The van der Waals surface area contributed by atoms with Crippen molar-refractivity contribution in [2.75, 3.05) is 18.0 Å². The van der Waals surface area contributed by atoms with Crippen LogP contribution in [0, 0.1) is 6.92 Å². The van der Waals surface area contributed by atoms with Crippen molar-refractivity contribution in [1.29, 1.82) is 0 Å². The van der Waals surface area contributed by atoms with Crippen molar-refractivity contribution in [3.8, 4) is 5.75 Å². The van der Waals surface area contributed by atoms with Gasteiger partial charge in [-0.05, 0) is 75.2 Å². The van der Waals surface area contributed by atoms with Gasteiger partial charge in [0.25, 0.3) is 10.0 Å². The summed E-state index contributed by atoms with van der Waals surface area (Å²) >= 11 is 12.9. The van der Waals surface area contributed by atoms with Crippen molar-refractivity contribution in [3.05, 3.63) is 87.9 Å². The van der Waals surface area contributed by atoms with Gasteiger partial charge in [0.2, 0.25) is 11.8 Å². The molecule has 1 N–H and O–H groups in total. The molecule has 4 rings (SSSR count). The van der Waals surface area contributed by atoms with Gasteiger partial charge in [-0.3, -0.25) is 13.9 Å². The molecule has 1 fully saturated rings. The Balaban J connectivity index is 1.70. The fourth-order valence-electron chi connectivity index (χ4n) is 5.12. The van der Waals surface area contributed by atoms with E-state index in [0.29, 0.717) is 27.0 Å². The standard InChI is InChI=1S/C32H37Cl2N3O5S/c1-22-12-14-25(15-13-22)37(43(40,41)27-18-16-26(42-3)17-19-27)21-31(38)36(20-28-29(33)10-7-11-30(28)34)23(2)32(39)35-24-8-5-4-6-9-24/h7,10-19,23-24H,4-6,8-9,20-21H2,1-3H3,(H,35,39)/t23-/m1/s1. The van der Waals surface area contributed by atoms with E-state index in [4.69, 9.17) is 27.9 Å². The average Bonchev–Trinajstić information content (AvgIpc) is 3.00. The van der Waals surface area contributed by atoms with E-state index in [1.165, 1.54) is 24.1 Å². The highest BCUT2D eigenvalue weighted by atomic mass is 35.5. The summed E-state index contributed by atoms with van der Waals surface area (Å²) in [5, 5.41) is 3.76. The van der Waals surface area contributed by atoms with Gasteiger partial charge in [0.05, 0.1) is 17.7 Å². The molecule has 0 heterocycles. The predicted molar refractivity (Wildman–Crippen MR) is 170 cm³/mol. The van der Waals surface area contributed by atoms with Crippen LogP contribution in [0.2, 0.25) is 10.0 Å². The van der Waals surface area contributed by atoms with E-state index in [1.807, 2.05) is 6.92 Å². The van der Waals surface area contributed by atoms with Crippen LogP contribution >= 0.6 is 23.2 Å². The fraction of sp³-hybridized carbons (Fsp3) is 0.375. The minimum Gasteiger partial charge on any atom is -0.497 e. The molecule has 3 aromatic carbocycles. The maximum atomic E-state index is 14.2. The summed E-state index contributed by atoms with van der Waals surface area (Å²) in [6.07, 6.45) is 4.96. The maximum Gasteiger partial charge on any atom is 0.264 e. The van der Waals surface area contributed by atoms with Crippen LogP contribution in [0.5, 0.6) is 5.75 Å². The number of hydrogen-bond donors (Lipinski definition) is 1. The van der Waals surface area contributed by atoms with Gasteiger partial charge >= 0.3 is 0 Å². The molecule has 230 valence electrons. The Morgan fingerprint density at radius 2 is 1.56 bits per heavy atom. The van der Waals surface area contributed by atoms with Gasteiger partial charge in [0.15, 0.2) is 0 Å². The van der Waals surface area contributed by atoms with Gasteiger partial charge < -0.3 is 15.0 Å². The van der Waals surface area contributed by atoms with Gasteiger partial charge in [0.1, 0.15) is 18.3 Å². The largest absolute Gasteiger partial charge is 0.497 e. The zero-order chi connectivity index (χ0) is 31.1. The summed E-state index contributed by atoms with van der Waals surface area (Å²) in [6, 6.07) is 16.9. The Kier molecular flexibility index (Phi) is 11.0. The van der Waals surface area contributed by atoms with E-state index in [-0.39, 0.29) is 23.4 Å². The molecule has 1 aliphatic rings. The molecule has 2 amide bonds. The maximum absolute atomic E-state index is 14.2. The SMILES string of the molecule is COc1ccc(S(=O)(=O)N(CC(=O)N(Cc2c(Cl)cccc2Cl)[C@H](C)C(=O)NC2CCCCC2)c2ccc(C)cc2)cc1. The third-order valence-corrected chi connectivity index (χ3v) is 10.3. The van der Waals surface area contributed by atoms with E-state index in [0.717, 1.165) is 42.0 Å². The number of ether oxygens (including phenoxy) is 1. The first-order valence-electron chi connectivity index (χ1n) is 14.3. The Morgan fingerprint density at radius 3 is 2.14 bits per heavy atom. The lowest BCUT2D eigenvalue weighted by atomic mass is 9.95. The molecular formula is C32H37Cl2N3O5S. The summed E-state index contributed by atoms with van der Waals surface area (Å²) in [4.78, 5) is 29.0. The highest BCUT2D eigenvalue weighted by molar-refractivity contribution is 7.92. The Bertz CT molecular complexity index is 1510. The highest BCUT2D eigenvalue weighted by Crippen LogP contribution is 2.29. The second-order valence-corrected chi connectivity index (χ2v) is 13.4. The molecule has 0 unspecified atom stereocenters. The van der Waals surface area contributed by atoms with Crippen LogP contribution in [0.4, 0.5) is 5.69 Å². The van der Waals surface area contributed by atoms with Gasteiger partial charge in [-0.2, -0.15) is 0 Å². The number of aryl methyl sites for hydroxylation is 1. The third-order valence-electron chi connectivity index (χ3n) is 7.76. The molecule has 0 spiro atoms. The van der Waals surface area contributed by atoms with Crippen LogP contribution in [0.15, 0.2) is 71.6 Å². The minimum atomic E-state index is -4.20. The van der Waals surface area contributed by atoms with Gasteiger partial charge in [-0.15, -0.1) is 0 Å². The number of sulfonamides is 1. The first-order valence-corrected chi connectivity index (χ1v) is 16.5. The number of carbonyl (C=O) groups is 2. The second-order valence-electron chi connectivity index (χ2n) is 10.8. The van der Waals surface area contributed by atoms with Crippen LogP contribution in [0.1, 0.15) is 50.2 Å². The second kappa shape index (κ2) is 14.5. The number of benzene rings is 3. The lowest BCUT2D eigenvalue weighted by Crippen LogP contribution is -2.53. The summed E-state index contributed by atoms with van der Waals surface area (Å²) in [6.45, 7) is 2.88. The molecule has 1 aliphatic carbocycles. The summed E-state index contributed by atoms with van der Waals surface area (Å²) in [5.74, 6) is -0.402. The van der Waals surface area contributed by atoms with Crippen LogP contribution in [-0.4, -0.2) is 50.9 Å². The third kappa shape index (κ3) is 8.02. The van der Waals surface area contributed by atoms with E-state index < -0.39 is 28.5 Å². The number of hydrogen-bond acceptors (Lipinski definition) is 5. The monoisotopic (exact) mass is 645 g/mol. The van der Waals surface area contributed by atoms with E-state index in [2.05, 4.69) is 5.32 Å². The zero-order valence-electron chi connectivity index (χ0n) is 24.6. The Hall–Kier alpha value is -3.27. The number of nitrogens with zero attached hydrogens (tertiary/aromatic N) is 2. The van der Waals surface area contributed by atoms with Gasteiger partial charge in [0, 0.05) is 28.2 Å². The van der Waals surface area contributed by atoms with E-state index in [1.54, 1.807) is 61.5 Å². The quantitative estimate of drug-likeness (QED) is 0.261. The summed E-state index contributed by atoms with van der Waals surface area (Å²) in [5.41, 5.74) is 1.71. The molecule has 0 saturated heterocycles. The molecule has 11 heteroatoms. The molecule has 0 aliphatic heterocycles. The normalized spacial score (nSPS) is 14.5. The molecule has 8 nitrogen and oxygen atoms in total. The molecular weight excluding hydrogens is 609 g/mol. The van der Waals surface area contributed by atoms with Crippen LogP contribution in [0.3, 0.4) is 0 Å². The smallest absolute Gasteiger partial charge is 0.264 e. The van der Waals surface area contributed by atoms with Crippen molar-refractivity contribution in [1.82, 2.24) is 10.2 Å². The van der Waals surface area contributed by atoms with Crippen molar-refractivity contribution in [2.24, 2.45) is 0 Å². The van der Waals surface area contributed by atoms with E-state index >= 15 is 0 Å². The van der Waals surface area contributed by atoms with Crippen molar-refractivity contribution >= 4 is 50.7 Å². The van der Waals surface area contributed by atoms with Crippen molar-refractivity contribution in [2.45, 2.75) is 69.5 Å². The highest BCUT2D eigenvalue weighted by Gasteiger charge is 2.34. The lowest BCUT2D eigenvalue weighted by Gasteiger charge is -2.33. The average molecular weight is 647 g/mol.